The average Bonchev–Trinajstić information content (AvgIpc) is 3.23. The number of hydrogen-bond acceptors (Lipinski definition) is 6. The number of carboxylic acid groups (broad SMARTS) is 1. The van der Waals surface area contributed by atoms with Gasteiger partial charge < -0.3 is 37.5 Å². The van der Waals surface area contributed by atoms with Crippen LogP contribution in [0.15, 0.2) is 30.5 Å². The monoisotopic (exact) mass is 502 g/mol. The molecule has 36 heavy (non-hydrogen) atoms. The number of benzene rings is 1. The van der Waals surface area contributed by atoms with Crippen LogP contribution in [-0.2, 0) is 25.6 Å². The molecule has 0 radical (unpaired) electrons. The Hall–Kier alpha value is -3.44. The number of para-hydroxylation sites is 1. The predicted molar refractivity (Wildman–Crippen MR) is 137 cm³/mol. The number of aromatic nitrogens is 1. The lowest BCUT2D eigenvalue weighted by Gasteiger charge is -2.22. The third-order valence-electron chi connectivity index (χ3n) is 5.80. The third-order valence-corrected chi connectivity index (χ3v) is 5.80. The summed E-state index contributed by atoms with van der Waals surface area (Å²) in [5.74, 6) is -2.72. The van der Waals surface area contributed by atoms with Crippen LogP contribution in [0.2, 0.25) is 0 Å². The number of aliphatic carboxylic acids is 1. The molecule has 3 unspecified atom stereocenters. The summed E-state index contributed by atoms with van der Waals surface area (Å²) in [6.45, 7) is 3.84. The van der Waals surface area contributed by atoms with E-state index in [2.05, 4.69) is 20.9 Å². The van der Waals surface area contributed by atoms with Crippen molar-refractivity contribution in [1.29, 1.82) is 0 Å². The Morgan fingerprint density at radius 3 is 2.42 bits per heavy atom. The zero-order chi connectivity index (χ0) is 26.7. The van der Waals surface area contributed by atoms with Crippen molar-refractivity contribution in [3.63, 3.8) is 0 Å². The van der Waals surface area contributed by atoms with E-state index >= 15 is 0 Å². The Bertz CT molecular complexity index is 1040. The number of nitrogens with two attached hydrogens (primary N) is 2. The first-order chi connectivity index (χ1) is 17.1. The standard InChI is InChI=1S/C25H38N6O5/c1-15(2)11-21(24(34)29-14-22(32)30-20(25(35)36)9-5-6-10-26)31-23(33)18(27)12-16-13-28-19-8-4-3-7-17(16)19/h3-4,7-8,13,15,18,20-21,28H,5-6,9-12,14,26-27H2,1-2H3,(H,29,34)(H,30,32)(H,31,33)(H,35,36). The summed E-state index contributed by atoms with van der Waals surface area (Å²) in [6.07, 6.45) is 3.89. The van der Waals surface area contributed by atoms with Crippen molar-refractivity contribution in [2.75, 3.05) is 13.1 Å². The number of rotatable bonds is 15. The fraction of sp³-hybridized carbons (Fsp3) is 0.520. The van der Waals surface area contributed by atoms with E-state index in [4.69, 9.17) is 11.5 Å². The molecule has 3 amide bonds. The molecule has 0 aliphatic heterocycles. The van der Waals surface area contributed by atoms with Gasteiger partial charge in [0, 0.05) is 17.1 Å². The number of hydrogen-bond donors (Lipinski definition) is 7. The van der Waals surface area contributed by atoms with Crippen molar-refractivity contribution < 1.29 is 24.3 Å². The van der Waals surface area contributed by atoms with Gasteiger partial charge in [0.1, 0.15) is 12.1 Å². The maximum atomic E-state index is 12.8. The zero-order valence-corrected chi connectivity index (χ0v) is 20.9. The molecule has 2 aromatic rings. The van der Waals surface area contributed by atoms with E-state index in [1.807, 2.05) is 44.3 Å². The number of unbranched alkanes of at least 4 members (excludes halogenated alkanes) is 1. The molecular weight excluding hydrogens is 464 g/mol. The minimum absolute atomic E-state index is 0.0821. The second-order valence-electron chi connectivity index (χ2n) is 9.32. The average molecular weight is 503 g/mol. The smallest absolute Gasteiger partial charge is 0.326 e. The third kappa shape index (κ3) is 8.97. The minimum Gasteiger partial charge on any atom is -0.480 e. The Labute approximate surface area is 210 Å². The van der Waals surface area contributed by atoms with Crippen LogP contribution in [-0.4, -0.2) is 65.0 Å². The highest BCUT2D eigenvalue weighted by molar-refractivity contribution is 5.93. The van der Waals surface area contributed by atoms with Crippen molar-refractivity contribution in [1.82, 2.24) is 20.9 Å². The Morgan fingerprint density at radius 2 is 1.75 bits per heavy atom. The van der Waals surface area contributed by atoms with Crippen LogP contribution >= 0.6 is 0 Å². The molecule has 2 rings (SSSR count). The van der Waals surface area contributed by atoms with Crippen molar-refractivity contribution in [2.45, 2.75) is 64.1 Å². The van der Waals surface area contributed by atoms with E-state index in [0.717, 1.165) is 16.5 Å². The number of carbonyl (C=O) groups excluding carboxylic acids is 3. The minimum atomic E-state index is -1.15. The molecule has 1 aromatic heterocycles. The van der Waals surface area contributed by atoms with E-state index in [9.17, 15) is 24.3 Å². The summed E-state index contributed by atoms with van der Waals surface area (Å²) in [4.78, 5) is 52.3. The number of carbonyl (C=O) groups is 4. The summed E-state index contributed by atoms with van der Waals surface area (Å²) in [5.41, 5.74) is 13.4. The summed E-state index contributed by atoms with van der Waals surface area (Å²) >= 11 is 0. The molecule has 1 aromatic carbocycles. The molecule has 0 aliphatic rings. The molecule has 3 atom stereocenters. The van der Waals surface area contributed by atoms with Crippen molar-refractivity contribution in [3.05, 3.63) is 36.0 Å². The topological polar surface area (TPSA) is 192 Å². The van der Waals surface area contributed by atoms with E-state index < -0.39 is 48.4 Å². The van der Waals surface area contributed by atoms with E-state index in [1.54, 1.807) is 0 Å². The van der Waals surface area contributed by atoms with Crippen molar-refractivity contribution in [3.8, 4) is 0 Å². The summed E-state index contributed by atoms with van der Waals surface area (Å²) in [7, 11) is 0. The molecule has 0 aliphatic carbocycles. The first kappa shape index (κ1) is 28.8. The number of H-pyrrole nitrogens is 1. The molecule has 0 spiro atoms. The summed E-state index contributed by atoms with van der Waals surface area (Å²) in [5, 5.41) is 17.9. The lowest BCUT2D eigenvalue weighted by Crippen LogP contribution is -2.54. The maximum Gasteiger partial charge on any atom is 0.326 e. The van der Waals surface area contributed by atoms with Gasteiger partial charge in [-0.05, 0) is 56.2 Å². The lowest BCUT2D eigenvalue weighted by molar-refractivity contribution is -0.142. The van der Waals surface area contributed by atoms with Gasteiger partial charge in [0.2, 0.25) is 17.7 Å². The van der Waals surface area contributed by atoms with E-state index in [1.165, 1.54) is 0 Å². The van der Waals surface area contributed by atoms with Crippen molar-refractivity contribution >= 4 is 34.6 Å². The van der Waals surface area contributed by atoms with Gasteiger partial charge >= 0.3 is 5.97 Å². The second kappa shape index (κ2) is 14.2. The van der Waals surface area contributed by atoms with E-state index in [-0.39, 0.29) is 18.8 Å². The lowest BCUT2D eigenvalue weighted by atomic mass is 10.0. The van der Waals surface area contributed by atoms with Crippen LogP contribution in [0.1, 0.15) is 45.1 Å². The van der Waals surface area contributed by atoms with Crippen LogP contribution in [0.5, 0.6) is 0 Å². The molecule has 1 heterocycles. The van der Waals surface area contributed by atoms with Gasteiger partial charge in [-0.25, -0.2) is 4.79 Å². The molecular formula is C25H38N6O5. The quantitative estimate of drug-likeness (QED) is 0.171. The zero-order valence-electron chi connectivity index (χ0n) is 20.9. The van der Waals surface area contributed by atoms with Crippen molar-refractivity contribution in [2.24, 2.45) is 17.4 Å². The number of amides is 3. The fourth-order valence-corrected chi connectivity index (χ4v) is 3.90. The Balaban J connectivity index is 1.93. The van der Waals surface area contributed by atoms with Gasteiger partial charge in [0.25, 0.3) is 0 Å². The van der Waals surface area contributed by atoms with Crippen LogP contribution in [0, 0.1) is 5.92 Å². The Kier molecular flexibility index (Phi) is 11.4. The number of carboxylic acids is 1. The molecule has 0 bridgehead atoms. The summed E-state index contributed by atoms with van der Waals surface area (Å²) < 4.78 is 0. The van der Waals surface area contributed by atoms with Crippen LogP contribution in [0.4, 0.5) is 0 Å². The summed E-state index contributed by atoms with van der Waals surface area (Å²) in [6, 6.07) is 4.87. The van der Waals surface area contributed by atoms with Gasteiger partial charge in [0.15, 0.2) is 0 Å². The van der Waals surface area contributed by atoms with Crippen LogP contribution in [0.25, 0.3) is 10.9 Å². The van der Waals surface area contributed by atoms with Gasteiger partial charge in [0.05, 0.1) is 12.6 Å². The molecule has 11 heteroatoms. The fourth-order valence-electron chi connectivity index (χ4n) is 3.90. The van der Waals surface area contributed by atoms with Gasteiger partial charge in [-0.3, -0.25) is 14.4 Å². The number of nitrogens with one attached hydrogen (secondary N) is 4. The maximum absolute atomic E-state index is 12.8. The molecule has 9 N–H and O–H groups in total. The molecule has 0 fully saturated rings. The molecule has 11 nitrogen and oxygen atoms in total. The Morgan fingerprint density at radius 1 is 1.03 bits per heavy atom. The molecule has 198 valence electrons. The van der Waals surface area contributed by atoms with Crippen LogP contribution < -0.4 is 27.4 Å². The first-order valence-electron chi connectivity index (χ1n) is 12.2. The van der Waals surface area contributed by atoms with Gasteiger partial charge in [-0.2, -0.15) is 0 Å². The highest BCUT2D eigenvalue weighted by Crippen LogP contribution is 2.19. The van der Waals surface area contributed by atoms with Gasteiger partial charge in [-0.15, -0.1) is 0 Å². The SMILES string of the molecule is CC(C)CC(NC(=O)C(N)Cc1c[nH]c2ccccc12)C(=O)NCC(=O)NC(CCCCN)C(=O)O. The largest absolute Gasteiger partial charge is 0.480 e. The van der Waals surface area contributed by atoms with Crippen LogP contribution in [0.3, 0.4) is 0 Å². The van der Waals surface area contributed by atoms with E-state index in [0.29, 0.717) is 25.8 Å². The first-order valence-corrected chi connectivity index (χ1v) is 12.2. The molecule has 0 saturated carbocycles. The predicted octanol–water partition coefficient (Wildman–Crippen LogP) is 0.383. The highest BCUT2D eigenvalue weighted by Gasteiger charge is 2.26. The highest BCUT2D eigenvalue weighted by atomic mass is 16.4. The normalized spacial score (nSPS) is 13.7. The number of aromatic amines is 1. The van der Waals surface area contributed by atoms with Gasteiger partial charge in [-0.1, -0.05) is 32.0 Å². The number of fused-ring (bicyclic) bond motifs is 1. The second-order valence-corrected chi connectivity index (χ2v) is 9.32. The molecule has 0 saturated heterocycles.